The van der Waals surface area contributed by atoms with Gasteiger partial charge in [0.05, 0.1) is 18.3 Å². The zero-order chi connectivity index (χ0) is 13.9. The molecule has 1 amide bonds. The van der Waals surface area contributed by atoms with Gasteiger partial charge in [-0.25, -0.2) is 4.68 Å². The summed E-state index contributed by atoms with van der Waals surface area (Å²) in [5, 5.41) is 11.3. The van der Waals surface area contributed by atoms with E-state index in [4.69, 9.17) is 4.74 Å². The molecule has 3 rings (SSSR count). The number of amides is 1. The number of rotatable bonds is 5. The number of ether oxygens (including phenoxy) is 1. The normalized spacial score (nSPS) is 22.8. The molecule has 3 heterocycles. The van der Waals surface area contributed by atoms with Gasteiger partial charge in [-0.3, -0.25) is 4.79 Å². The largest absolute Gasteiger partial charge is 0.376 e. The summed E-state index contributed by atoms with van der Waals surface area (Å²) in [6.07, 6.45) is 4.04. The van der Waals surface area contributed by atoms with E-state index in [9.17, 15) is 4.79 Å². The van der Waals surface area contributed by atoms with E-state index < -0.39 is 0 Å². The molecule has 0 bridgehead atoms. The zero-order valence-corrected chi connectivity index (χ0v) is 11.8. The number of carbonyl (C=O) groups is 1. The molecule has 1 aromatic heterocycles. The fourth-order valence-corrected chi connectivity index (χ4v) is 2.57. The van der Waals surface area contributed by atoms with Crippen molar-refractivity contribution < 1.29 is 9.53 Å². The lowest BCUT2D eigenvalue weighted by molar-refractivity contribution is 0.0534. The van der Waals surface area contributed by atoms with Crippen LogP contribution in [0.25, 0.3) is 0 Å². The van der Waals surface area contributed by atoms with Crippen molar-refractivity contribution in [2.24, 2.45) is 0 Å². The number of nitrogens with zero attached hydrogens (tertiary/aromatic N) is 4. The molecule has 7 heteroatoms. The highest BCUT2D eigenvalue weighted by Gasteiger charge is 2.26. The van der Waals surface area contributed by atoms with E-state index in [1.807, 2.05) is 6.92 Å². The van der Waals surface area contributed by atoms with Crippen molar-refractivity contribution in [2.45, 2.75) is 31.9 Å². The van der Waals surface area contributed by atoms with Crippen molar-refractivity contribution >= 4 is 5.91 Å². The number of carbonyl (C=O) groups excluding carboxylic acids is 1. The molecule has 110 valence electrons. The van der Waals surface area contributed by atoms with Gasteiger partial charge in [0, 0.05) is 32.8 Å². The molecule has 1 atom stereocenters. The number of hydrogen-bond donors (Lipinski definition) is 1. The monoisotopic (exact) mass is 279 g/mol. The number of likely N-dealkylation sites (N-methyl/N-ethyl adjacent to an activating group) is 1. The Kier molecular flexibility index (Phi) is 3.98. The highest BCUT2D eigenvalue weighted by Crippen LogP contribution is 2.15. The van der Waals surface area contributed by atoms with Crippen LogP contribution in [0.5, 0.6) is 0 Å². The van der Waals surface area contributed by atoms with Crippen LogP contribution in [0.4, 0.5) is 0 Å². The SMILES string of the molecule is CCN(CC1CCCO1)C(=O)c1cn(C2CNC2)nn1. The summed E-state index contributed by atoms with van der Waals surface area (Å²) >= 11 is 0. The average Bonchev–Trinajstić information content (AvgIpc) is 3.04. The second-order valence-electron chi connectivity index (χ2n) is 5.37. The lowest BCUT2D eigenvalue weighted by Gasteiger charge is -2.26. The van der Waals surface area contributed by atoms with Gasteiger partial charge in [-0.1, -0.05) is 5.21 Å². The van der Waals surface area contributed by atoms with Crippen LogP contribution >= 0.6 is 0 Å². The van der Waals surface area contributed by atoms with Crippen LogP contribution in [0.2, 0.25) is 0 Å². The lowest BCUT2D eigenvalue weighted by atomic mass is 10.2. The Labute approximate surface area is 118 Å². The summed E-state index contributed by atoms with van der Waals surface area (Å²) in [4.78, 5) is 14.2. The predicted molar refractivity (Wildman–Crippen MR) is 72.5 cm³/mol. The van der Waals surface area contributed by atoms with Gasteiger partial charge in [-0.05, 0) is 19.8 Å². The van der Waals surface area contributed by atoms with Crippen molar-refractivity contribution in [3.05, 3.63) is 11.9 Å². The van der Waals surface area contributed by atoms with Gasteiger partial charge < -0.3 is 15.0 Å². The van der Waals surface area contributed by atoms with Crippen LogP contribution in [0.1, 0.15) is 36.3 Å². The van der Waals surface area contributed by atoms with Crippen LogP contribution in [0, 0.1) is 0 Å². The molecule has 7 nitrogen and oxygen atoms in total. The van der Waals surface area contributed by atoms with Crippen LogP contribution in [-0.2, 0) is 4.74 Å². The average molecular weight is 279 g/mol. The summed E-state index contributed by atoms with van der Waals surface area (Å²) in [5.41, 5.74) is 0.428. The van der Waals surface area contributed by atoms with E-state index in [2.05, 4.69) is 15.6 Å². The molecular formula is C13H21N5O2. The smallest absolute Gasteiger partial charge is 0.276 e. The van der Waals surface area contributed by atoms with Crippen LogP contribution in [0.15, 0.2) is 6.20 Å². The van der Waals surface area contributed by atoms with Crippen LogP contribution in [-0.4, -0.2) is 64.7 Å². The van der Waals surface area contributed by atoms with E-state index in [1.54, 1.807) is 15.8 Å². The van der Waals surface area contributed by atoms with Crippen LogP contribution in [0.3, 0.4) is 0 Å². The number of hydrogen-bond acceptors (Lipinski definition) is 5. The lowest BCUT2D eigenvalue weighted by Crippen LogP contribution is -2.43. The highest BCUT2D eigenvalue weighted by molar-refractivity contribution is 5.91. The molecule has 2 aliphatic heterocycles. The summed E-state index contributed by atoms with van der Waals surface area (Å²) in [6, 6.07) is 0.331. The molecular weight excluding hydrogens is 258 g/mol. The summed E-state index contributed by atoms with van der Waals surface area (Å²) in [5.74, 6) is -0.0541. The first-order valence-electron chi connectivity index (χ1n) is 7.31. The van der Waals surface area contributed by atoms with Crippen molar-refractivity contribution in [1.82, 2.24) is 25.2 Å². The summed E-state index contributed by atoms with van der Waals surface area (Å²) in [7, 11) is 0. The first kappa shape index (κ1) is 13.5. The van der Waals surface area contributed by atoms with Gasteiger partial charge in [0.15, 0.2) is 5.69 Å². The fourth-order valence-electron chi connectivity index (χ4n) is 2.57. The minimum atomic E-state index is -0.0541. The maximum absolute atomic E-state index is 12.4. The number of nitrogens with one attached hydrogen (secondary N) is 1. The van der Waals surface area contributed by atoms with Crippen LogP contribution < -0.4 is 5.32 Å². The highest BCUT2D eigenvalue weighted by atomic mass is 16.5. The topological polar surface area (TPSA) is 72.3 Å². The molecule has 2 aliphatic rings. The second kappa shape index (κ2) is 5.88. The third-order valence-corrected chi connectivity index (χ3v) is 3.98. The summed E-state index contributed by atoms with van der Waals surface area (Å²) < 4.78 is 7.38. The van der Waals surface area contributed by atoms with Crippen molar-refractivity contribution in [3.8, 4) is 0 Å². The maximum atomic E-state index is 12.4. The van der Waals surface area contributed by atoms with Gasteiger partial charge in [0.25, 0.3) is 5.91 Å². The van der Waals surface area contributed by atoms with Gasteiger partial charge >= 0.3 is 0 Å². The molecule has 0 aromatic carbocycles. The molecule has 1 aromatic rings. The van der Waals surface area contributed by atoms with Gasteiger partial charge in [0.1, 0.15) is 0 Å². The molecule has 0 aliphatic carbocycles. The molecule has 0 saturated carbocycles. The second-order valence-corrected chi connectivity index (χ2v) is 5.37. The van der Waals surface area contributed by atoms with E-state index in [1.165, 1.54) is 0 Å². The molecule has 1 N–H and O–H groups in total. The molecule has 20 heavy (non-hydrogen) atoms. The molecule has 0 spiro atoms. The minimum Gasteiger partial charge on any atom is -0.376 e. The molecule has 0 radical (unpaired) electrons. The van der Waals surface area contributed by atoms with E-state index >= 15 is 0 Å². The Balaban J connectivity index is 1.64. The molecule has 2 fully saturated rings. The first-order chi connectivity index (χ1) is 9.78. The first-order valence-corrected chi connectivity index (χ1v) is 7.31. The Morgan fingerprint density at radius 1 is 1.60 bits per heavy atom. The quantitative estimate of drug-likeness (QED) is 0.825. The molecule has 2 saturated heterocycles. The Morgan fingerprint density at radius 2 is 2.45 bits per heavy atom. The van der Waals surface area contributed by atoms with E-state index in [0.717, 1.165) is 32.5 Å². The number of aromatic nitrogens is 3. The van der Waals surface area contributed by atoms with Gasteiger partial charge in [-0.2, -0.15) is 0 Å². The van der Waals surface area contributed by atoms with Gasteiger partial charge in [0.2, 0.25) is 0 Å². The van der Waals surface area contributed by atoms with Gasteiger partial charge in [-0.15, -0.1) is 5.10 Å². The van der Waals surface area contributed by atoms with E-state index in [0.29, 0.717) is 24.8 Å². The van der Waals surface area contributed by atoms with Crippen molar-refractivity contribution in [2.75, 3.05) is 32.8 Å². The predicted octanol–water partition coefficient (Wildman–Crippen LogP) is 0.0635. The minimum absolute atomic E-state index is 0.0541. The standard InChI is InChI=1S/C13H21N5O2/c1-2-17(8-11-4-3-5-20-11)13(19)12-9-18(16-15-12)10-6-14-7-10/h9-11,14H,2-8H2,1H3. The maximum Gasteiger partial charge on any atom is 0.276 e. The third kappa shape index (κ3) is 2.69. The fraction of sp³-hybridized carbons (Fsp3) is 0.769. The Bertz CT molecular complexity index is 465. The third-order valence-electron chi connectivity index (χ3n) is 3.98. The zero-order valence-electron chi connectivity index (χ0n) is 11.8. The Hall–Kier alpha value is -1.47. The molecule has 1 unspecified atom stereocenters. The summed E-state index contributed by atoms with van der Waals surface area (Å²) in [6.45, 7) is 5.88. The van der Waals surface area contributed by atoms with E-state index in [-0.39, 0.29) is 12.0 Å². The van der Waals surface area contributed by atoms with Crippen molar-refractivity contribution in [1.29, 1.82) is 0 Å². The Morgan fingerprint density at radius 3 is 3.05 bits per heavy atom. The van der Waals surface area contributed by atoms with Crippen molar-refractivity contribution in [3.63, 3.8) is 0 Å².